The van der Waals surface area contributed by atoms with Gasteiger partial charge in [0.15, 0.2) is 5.78 Å². The lowest BCUT2D eigenvalue weighted by Crippen LogP contribution is -2.55. The number of pyridine rings is 1. The number of carbonyl (C=O) groups excluding carboxylic acids is 2. The van der Waals surface area contributed by atoms with Gasteiger partial charge in [-0.2, -0.15) is 0 Å². The Bertz CT molecular complexity index is 932. The van der Waals surface area contributed by atoms with Gasteiger partial charge in [-0.3, -0.25) is 19.1 Å². The normalized spacial score (nSPS) is 20.0. The van der Waals surface area contributed by atoms with E-state index in [0.717, 1.165) is 9.25 Å². The third-order valence-corrected chi connectivity index (χ3v) is 4.83. The first-order chi connectivity index (χ1) is 12.4. The first-order valence-corrected chi connectivity index (χ1v) is 8.57. The summed E-state index contributed by atoms with van der Waals surface area (Å²) in [4.78, 5) is 43.0. The molecular weight excluding hydrogens is 365 g/mol. The molecule has 4 rings (SSSR count). The molecule has 0 spiro atoms. The molecule has 2 aliphatic rings. The summed E-state index contributed by atoms with van der Waals surface area (Å²) in [7, 11) is 0. The lowest BCUT2D eigenvalue weighted by Gasteiger charge is -2.37. The molecule has 1 saturated heterocycles. The Hall–Kier alpha value is -2.55. The number of ketones is 1. The van der Waals surface area contributed by atoms with Gasteiger partial charge in [-0.15, -0.1) is 5.10 Å². The molecule has 0 N–H and O–H groups in total. The van der Waals surface area contributed by atoms with E-state index in [0.29, 0.717) is 10.7 Å². The van der Waals surface area contributed by atoms with E-state index in [9.17, 15) is 18.8 Å². The summed E-state index contributed by atoms with van der Waals surface area (Å²) in [6, 6.07) is 2.47. The van der Waals surface area contributed by atoms with Crippen LogP contribution in [-0.2, 0) is 11.3 Å². The molecule has 0 radical (unpaired) electrons. The minimum absolute atomic E-state index is 0.0240. The molecule has 10 heteroatoms. The molecule has 1 amide bonds. The van der Waals surface area contributed by atoms with Crippen LogP contribution in [0.4, 0.5) is 4.39 Å². The maximum atomic E-state index is 13.1. The maximum Gasteiger partial charge on any atom is 0.347 e. The monoisotopic (exact) mass is 379 g/mol. The highest BCUT2D eigenvalue weighted by molar-refractivity contribution is 6.30. The van der Waals surface area contributed by atoms with Gasteiger partial charge in [-0.25, -0.2) is 13.9 Å². The number of Topliss-reactive ketones (excluding diaryl/α,β-unsaturated/α-hetero) is 1. The number of alkyl halides is 1. The van der Waals surface area contributed by atoms with Crippen LogP contribution in [0.1, 0.15) is 35.2 Å². The lowest BCUT2D eigenvalue weighted by atomic mass is 10.0. The zero-order valence-electron chi connectivity index (χ0n) is 13.6. The van der Waals surface area contributed by atoms with Gasteiger partial charge >= 0.3 is 5.69 Å². The van der Waals surface area contributed by atoms with Crippen molar-refractivity contribution in [2.24, 2.45) is 0 Å². The Morgan fingerprint density at radius 3 is 2.73 bits per heavy atom. The van der Waals surface area contributed by atoms with Gasteiger partial charge in [0.05, 0.1) is 30.4 Å². The summed E-state index contributed by atoms with van der Waals surface area (Å²) in [6.45, 7) is 0.104. The van der Waals surface area contributed by atoms with Crippen LogP contribution in [0.2, 0.25) is 5.02 Å². The molecule has 1 fully saturated rings. The van der Waals surface area contributed by atoms with Crippen LogP contribution in [0.15, 0.2) is 23.1 Å². The summed E-state index contributed by atoms with van der Waals surface area (Å²) in [5.41, 5.74) is -0.00856. The summed E-state index contributed by atoms with van der Waals surface area (Å²) in [5, 5.41) is 4.56. The molecule has 0 saturated carbocycles. The molecule has 1 unspecified atom stereocenters. The average molecular weight is 380 g/mol. The fourth-order valence-electron chi connectivity index (χ4n) is 3.21. The van der Waals surface area contributed by atoms with Crippen molar-refractivity contribution in [3.05, 3.63) is 45.4 Å². The lowest BCUT2D eigenvalue weighted by molar-refractivity contribution is -0.142. The number of carbonyl (C=O) groups is 2. The average Bonchev–Trinajstić information content (AvgIpc) is 2.92. The van der Waals surface area contributed by atoms with Crippen LogP contribution in [0, 0.1) is 0 Å². The van der Waals surface area contributed by atoms with Crippen molar-refractivity contribution in [1.29, 1.82) is 0 Å². The van der Waals surface area contributed by atoms with Crippen LogP contribution in [0.5, 0.6) is 0 Å². The Kier molecular flexibility index (Phi) is 4.10. The van der Waals surface area contributed by atoms with Crippen molar-refractivity contribution in [2.45, 2.75) is 31.6 Å². The molecule has 8 nitrogen and oxygen atoms in total. The number of fused-ring (bicyclic) bond motifs is 1. The molecule has 0 aliphatic carbocycles. The second kappa shape index (κ2) is 6.31. The van der Waals surface area contributed by atoms with Gasteiger partial charge in [0.1, 0.15) is 12.2 Å². The summed E-state index contributed by atoms with van der Waals surface area (Å²) in [5.74, 6) is -0.675. The molecule has 136 valence electrons. The molecule has 4 heterocycles. The van der Waals surface area contributed by atoms with Crippen molar-refractivity contribution < 1.29 is 14.0 Å². The summed E-state index contributed by atoms with van der Waals surface area (Å²) < 4.78 is 15.3. The molecule has 26 heavy (non-hydrogen) atoms. The van der Waals surface area contributed by atoms with Gasteiger partial charge < -0.3 is 4.90 Å². The predicted octanol–water partition coefficient (Wildman–Crippen LogP) is 0.839. The van der Waals surface area contributed by atoms with Crippen molar-refractivity contribution in [3.8, 4) is 0 Å². The Balaban J connectivity index is 1.67. The minimum atomic E-state index is -1.03. The zero-order chi connectivity index (χ0) is 18.4. The number of aromatic nitrogens is 4. The van der Waals surface area contributed by atoms with Crippen molar-refractivity contribution in [2.75, 3.05) is 13.1 Å². The van der Waals surface area contributed by atoms with E-state index >= 15 is 0 Å². The van der Waals surface area contributed by atoms with Crippen LogP contribution < -0.4 is 5.69 Å². The van der Waals surface area contributed by atoms with Gasteiger partial charge in [0, 0.05) is 12.6 Å². The third kappa shape index (κ3) is 2.82. The van der Waals surface area contributed by atoms with Crippen LogP contribution in [0.3, 0.4) is 0 Å². The highest BCUT2D eigenvalue weighted by Crippen LogP contribution is 2.26. The Morgan fingerprint density at radius 2 is 2.08 bits per heavy atom. The second-order valence-corrected chi connectivity index (χ2v) is 6.86. The standard InChI is InChI=1S/C16H15ClFN5O3/c17-9-1-2-11(19-5-9)8-22-16(26)23-12(3-4-13(24)14(23)20-22)15(25)21-6-10(18)7-21/h1-2,5,10,12H,3-4,6-8H2. The van der Waals surface area contributed by atoms with Crippen molar-refractivity contribution >= 4 is 23.3 Å². The summed E-state index contributed by atoms with van der Waals surface area (Å²) >= 11 is 5.80. The summed E-state index contributed by atoms with van der Waals surface area (Å²) in [6.07, 6.45) is 0.758. The smallest absolute Gasteiger partial charge is 0.335 e. The first-order valence-electron chi connectivity index (χ1n) is 8.20. The topological polar surface area (TPSA) is 90.1 Å². The van der Waals surface area contributed by atoms with Gasteiger partial charge in [0.2, 0.25) is 11.7 Å². The molecule has 2 aliphatic heterocycles. The SMILES string of the molecule is O=C1CCC(C(=O)N2CC(F)C2)n2c1nn(Cc1ccc(Cl)cn1)c2=O. The Morgan fingerprint density at radius 1 is 1.31 bits per heavy atom. The number of rotatable bonds is 3. The molecule has 0 bridgehead atoms. The van der Waals surface area contributed by atoms with Gasteiger partial charge in [0.25, 0.3) is 0 Å². The predicted molar refractivity (Wildman–Crippen MR) is 88.9 cm³/mol. The van der Waals surface area contributed by atoms with E-state index in [-0.39, 0.29) is 50.0 Å². The molecule has 2 aromatic rings. The molecule has 0 aromatic carbocycles. The number of hydrogen-bond donors (Lipinski definition) is 0. The van der Waals surface area contributed by atoms with E-state index < -0.39 is 17.9 Å². The molecular formula is C16H15ClFN5O3. The number of hydrogen-bond acceptors (Lipinski definition) is 5. The minimum Gasteiger partial charge on any atom is -0.335 e. The van der Waals surface area contributed by atoms with E-state index in [4.69, 9.17) is 11.6 Å². The van der Waals surface area contributed by atoms with Crippen LogP contribution in [-0.4, -0.2) is 55.2 Å². The van der Waals surface area contributed by atoms with Crippen molar-refractivity contribution in [3.63, 3.8) is 0 Å². The quantitative estimate of drug-likeness (QED) is 0.788. The molecule has 1 atom stereocenters. The fourth-order valence-corrected chi connectivity index (χ4v) is 3.32. The van der Waals surface area contributed by atoms with Gasteiger partial charge in [-0.1, -0.05) is 11.6 Å². The molecule has 2 aromatic heterocycles. The Labute approximate surface area is 152 Å². The van der Waals surface area contributed by atoms with E-state index in [1.807, 2.05) is 0 Å². The van der Waals surface area contributed by atoms with E-state index in [1.165, 1.54) is 11.1 Å². The maximum absolute atomic E-state index is 13.1. The number of halogens is 2. The first kappa shape index (κ1) is 16.9. The highest BCUT2D eigenvalue weighted by atomic mass is 35.5. The van der Waals surface area contributed by atoms with Crippen LogP contribution in [0.25, 0.3) is 0 Å². The van der Waals surface area contributed by atoms with Gasteiger partial charge in [-0.05, 0) is 18.6 Å². The fraction of sp³-hybridized carbons (Fsp3) is 0.438. The van der Waals surface area contributed by atoms with Crippen LogP contribution >= 0.6 is 11.6 Å². The third-order valence-electron chi connectivity index (χ3n) is 4.61. The largest absolute Gasteiger partial charge is 0.347 e. The number of likely N-dealkylation sites (tertiary alicyclic amines) is 1. The highest BCUT2D eigenvalue weighted by Gasteiger charge is 2.40. The van der Waals surface area contributed by atoms with E-state index in [1.54, 1.807) is 12.1 Å². The number of amides is 1. The second-order valence-electron chi connectivity index (χ2n) is 6.42. The zero-order valence-corrected chi connectivity index (χ0v) is 14.4. The van der Waals surface area contributed by atoms with Crippen molar-refractivity contribution in [1.82, 2.24) is 24.2 Å². The van der Waals surface area contributed by atoms with E-state index in [2.05, 4.69) is 10.1 Å². The number of nitrogens with zero attached hydrogens (tertiary/aromatic N) is 5.